The molecule has 1 rings (SSSR count). The molecule has 1 aromatic rings. The van der Waals surface area contributed by atoms with Crippen molar-refractivity contribution in [2.24, 2.45) is 5.73 Å². The average molecular weight is 214 g/mol. The molecule has 0 saturated carbocycles. The lowest BCUT2D eigenvalue weighted by Gasteiger charge is -2.08. The number of rotatable bonds is 3. The van der Waals surface area contributed by atoms with E-state index in [4.69, 9.17) is 10.8 Å². The number of nitrogens with two attached hydrogens (primary N) is 1. The molecule has 14 heavy (non-hydrogen) atoms. The largest absolute Gasteiger partial charge is 0.392 e. The van der Waals surface area contributed by atoms with Gasteiger partial charge < -0.3 is 10.8 Å². The number of aliphatic hydroxyl groups excluding tert-OH is 1. The Kier molecular flexibility index (Phi) is 6.21. The normalized spacial score (nSPS) is 12.5. The van der Waals surface area contributed by atoms with Crippen LogP contribution in [0.5, 0.6) is 0 Å². The summed E-state index contributed by atoms with van der Waals surface area (Å²) in [6, 6.07) is 7.95. The molecule has 1 aromatic carbocycles. The third kappa shape index (κ3) is 3.50. The van der Waals surface area contributed by atoms with Gasteiger partial charge >= 0.3 is 0 Å². The summed E-state index contributed by atoms with van der Waals surface area (Å²) in [7, 11) is 0. The Balaban J connectivity index is 0.00000169. The van der Waals surface area contributed by atoms with Gasteiger partial charge in [0, 0.05) is 6.04 Å². The number of benzene rings is 1. The fraction of sp³-hybridized carbons (Fsp3) is 0.273. The molecule has 3 heteroatoms. The first kappa shape index (κ1) is 13.2. The highest BCUT2D eigenvalue weighted by Gasteiger charge is 2.01. The van der Waals surface area contributed by atoms with E-state index in [0.29, 0.717) is 0 Å². The average Bonchev–Trinajstić information content (AvgIpc) is 2.15. The van der Waals surface area contributed by atoms with Crippen molar-refractivity contribution in [1.82, 2.24) is 0 Å². The molecule has 0 saturated heterocycles. The van der Waals surface area contributed by atoms with Gasteiger partial charge in [0.15, 0.2) is 0 Å². The second-order valence-corrected chi connectivity index (χ2v) is 3.00. The first-order chi connectivity index (χ1) is 6.25. The van der Waals surface area contributed by atoms with Gasteiger partial charge in [-0.05, 0) is 18.1 Å². The van der Waals surface area contributed by atoms with Crippen LogP contribution in [-0.4, -0.2) is 11.7 Å². The molecular weight excluding hydrogens is 198 g/mol. The molecule has 0 aliphatic carbocycles. The lowest BCUT2D eigenvalue weighted by molar-refractivity contribution is 0.343. The van der Waals surface area contributed by atoms with Gasteiger partial charge in [0.2, 0.25) is 0 Å². The van der Waals surface area contributed by atoms with Gasteiger partial charge in [-0.2, -0.15) is 0 Å². The Labute approximate surface area is 90.9 Å². The maximum absolute atomic E-state index is 8.64. The van der Waals surface area contributed by atoms with Gasteiger partial charge in [-0.25, -0.2) is 0 Å². The number of hydrogen-bond acceptors (Lipinski definition) is 2. The fourth-order valence-corrected chi connectivity index (χ4v) is 1.26. The van der Waals surface area contributed by atoms with Crippen LogP contribution in [0, 0.1) is 0 Å². The van der Waals surface area contributed by atoms with Crippen LogP contribution in [0.1, 0.15) is 24.1 Å². The van der Waals surface area contributed by atoms with Gasteiger partial charge in [-0.1, -0.05) is 36.4 Å². The van der Waals surface area contributed by atoms with Gasteiger partial charge in [0.25, 0.3) is 0 Å². The van der Waals surface area contributed by atoms with E-state index in [1.54, 1.807) is 6.08 Å². The van der Waals surface area contributed by atoms with Gasteiger partial charge in [0.05, 0.1) is 6.61 Å². The molecule has 0 fully saturated rings. The van der Waals surface area contributed by atoms with Gasteiger partial charge in [0.1, 0.15) is 0 Å². The summed E-state index contributed by atoms with van der Waals surface area (Å²) in [5.41, 5.74) is 7.97. The Bertz CT molecular complexity index is 297. The summed E-state index contributed by atoms with van der Waals surface area (Å²) < 4.78 is 0. The second-order valence-electron chi connectivity index (χ2n) is 3.00. The SMILES string of the molecule is C[C@H](N)c1ccccc1/C=C/CO.Cl. The van der Waals surface area contributed by atoms with Crippen molar-refractivity contribution >= 4 is 18.5 Å². The third-order valence-corrected chi connectivity index (χ3v) is 1.89. The lowest BCUT2D eigenvalue weighted by Crippen LogP contribution is -2.06. The highest BCUT2D eigenvalue weighted by molar-refractivity contribution is 5.85. The van der Waals surface area contributed by atoms with Gasteiger partial charge in [-0.15, -0.1) is 12.4 Å². The van der Waals surface area contributed by atoms with Crippen LogP contribution in [0.25, 0.3) is 6.08 Å². The number of aliphatic hydroxyl groups is 1. The third-order valence-electron chi connectivity index (χ3n) is 1.89. The Hall–Kier alpha value is -0.830. The molecule has 1 atom stereocenters. The maximum atomic E-state index is 8.64. The van der Waals surface area contributed by atoms with Crippen molar-refractivity contribution in [2.45, 2.75) is 13.0 Å². The van der Waals surface area contributed by atoms with E-state index < -0.39 is 0 Å². The molecule has 0 unspecified atom stereocenters. The number of halogens is 1. The van der Waals surface area contributed by atoms with Crippen molar-refractivity contribution in [1.29, 1.82) is 0 Å². The summed E-state index contributed by atoms with van der Waals surface area (Å²) in [6.45, 7) is 2.01. The predicted molar refractivity (Wildman–Crippen MR) is 62.4 cm³/mol. The highest BCUT2D eigenvalue weighted by atomic mass is 35.5. The summed E-state index contributed by atoms with van der Waals surface area (Å²) >= 11 is 0. The quantitative estimate of drug-likeness (QED) is 0.808. The van der Waals surface area contributed by atoms with E-state index in [2.05, 4.69) is 0 Å². The first-order valence-corrected chi connectivity index (χ1v) is 4.37. The molecule has 0 aromatic heterocycles. The van der Waals surface area contributed by atoms with Crippen molar-refractivity contribution in [3.8, 4) is 0 Å². The minimum Gasteiger partial charge on any atom is -0.392 e. The van der Waals surface area contributed by atoms with Crippen LogP contribution in [0.2, 0.25) is 0 Å². The molecular formula is C11H16ClNO. The van der Waals surface area contributed by atoms with Crippen LogP contribution in [-0.2, 0) is 0 Å². The van der Waals surface area contributed by atoms with Crippen molar-refractivity contribution in [3.63, 3.8) is 0 Å². The Morgan fingerprint density at radius 3 is 2.64 bits per heavy atom. The van der Waals surface area contributed by atoms with Crippen LogP contribution < -0.4 is 5.73 Å². The summed E-state index contributed by atoms with van der Waals surface area (Å²) in [5, 5.41) is 8.64. The smallest absolute Gasteiger partial charge is 0.0615 e. The minimum atomic E-state index is 0. The lowest BCUT2D eigenvalue weighted by atomic mass is 10.0. The first-order valence-electron chi connectivity index (χ1n) is 4.37. The molecule has 0 amide bonds. The molecule has 2 nitrogen and oxygen atoms in total. The molecule has 0 aliphatic heterocycles. The topological polar surface area (TPSA) is 46.2 Å². The Morgan fingerprint density at radius 1 is 1.43 bits per heavy atom. The summed E-state index contributed by atoms with van der Waals surface area (Å²) in [5.74, 6) is 0. The predicted octanol–water partition coefficient (Wildman–Crippen LogP) is 2.13. The monoisotopic (exact) mass is 213 g/mol. The van der Waals surface area contributed by atoms with Gasteiger partial charge in [-0.3, -0.25) is 0 Å². The zero-order valence-corrected chi connectivity index (χ0v) is 9.00. The van der Waals surface area contributed by atoms with Crippen molar-refractivity contribution in [2.75, 3.05) is 6.61 Å². The van der Waals surface area contributed by atoms with E-state index >= 15 is 0 Å². The molecule has 0 bridgehead atoms. The summed E-state index contributed by atoms with van der Waals surface area (Å²) in [4.78, 5) is 0. The standard InChI is InChI=1S/C11H15NO.ClH/c1-9(12)11-7-3-2-5-10(11)6-4-8-13;/h2-7,9,13H,8,12H2,1H3;1H/b6-4+;/t9-;/m0./s1. The maximum Gasteiger partial charge on any atom is 0.0615 e. The van der Waals surface area contributed by atoms with Crippen LogP contribution >= 0.6 is 12.4 Å². The van der Waals surface area contributed by atoms with E-state index in [1.165, 1.54) is 0 Å². The van der Waals surface area contributed by atoms with Crippen LogP contribution in [0.15, 0.2) is 30.3 Å². The fourth-order valence-electron chi connectivity index (χ4n) is 1.26. The molecule has 78 valence electrons. The second kappa shape index (κ2) is 6.60. The molecule has 3 N–H and O–H groups in total. The zero-order valence-electron chi connectivity index (χ0n) is 8.18. The highest BCUT2D eigenvalue weighted by Crippen LogP contribution is 2.16. The van der Waals surface area contributed by atoms with Crippen molar-refractivity contribution < 1.29 is 5.11 Å². The van der Waals surface area contributed by atoms with E-state index in [-0.39, 0.29) is 25.1 Å². The number of hydrogen-bond donors (Lipinski definition) is 2. The van der Waals surface area contributed by atoms with E-state index in [1.807, 2.05) is 37.3 Å². The zero-order chi connectivity index (χ0) is 9.68. The van der Waals surface area contributed by atoms with Crippen LogP contribution in [0.3, 0.4) is 0 Å². The Morgan fingerprint density at radius 2 is 2.07 bits per heavy atom. The molecule has 0 spiro atoms. The molecule has 0 heterocycles. The summed E-state index contributed by atoms with van der Waals surface area (Å²) in [6.07, 6.45) is 3.60. The molecule has 0 aliphatic rings. The van der Waals surface area contributed by atoms with Crippen molar-refractivity contribution in [3.05, 3.63) is 41.5 Å². The van der Waals surface area contributed by atoms with E-state index in [0.717, 1.165) is 11.1 Å². The van der Waals surface area contributed by atoms with Crippen LogP contribution in [0.4, 0.5) is 0 Å². The minimum absolute atomic E-state index is 0. The molecule has 0 radical (unpaired) electrons. The van der Waals surface area contributed by atoms with E-state index in [9.17, 15) is 0 Å².